The van der Waals surface area contributed by atoms with Gasteiger partial charge in [0, 0.05) is 17.8 Å². The summed E-state index contributed by atoms with van der Waals surface area (Å²) >= 11 is 0. The second-order valence-electron chi connectivity index (χ2n) is 5.29. The molecule has 0 aliphatic rings. The summed E-state index contributed by atoms with van der Waals surface area (Å²) in [6.45, 7) is 6.81. The standard InChI is InChI=1S/C17H20N2O.BrH/c1-13-4-7-19(8-5-13)9-6-17(20)18-16-11-14(2)10-15(3)12-16;/h4-5,7-8,10-12H,6,9H2,1-3H3;1H. The summed E-state index contributed by atoms with van der Waals surface area (Å²) in [6.07, 6.45) is 4.47. The molecule has 0 unspecified atom stereocenters. The highest BCUT2D eigenvalue weighted by Gasteiger charge is 2.07. The van der Waals surface area contributed by atoms with Gasteiger partial charge in [-0.15, -0.1) is 0 Å². The van der Waals surface area contributed by atoms with Gasteiger partial charge >= 0.3 is 0 Å². The zero-order chi connectivity index (χ0) is 14.5. The van der Waals surface area contributed by atoms with E-state index in [9.17, 15) is 4.79 Å². The van der Waals surface area contributed by atoms with E-state index < -0.39 is 0 Å². The SMILES string of the molecule is Cc1cc[n+](CCC(=O)Nc2cc(C)cc(C)c2)cc1.[Br-]. The lowest BCUT2D eigenvalue weighted by Gasteiger charge is -2.06. The van der Waals surface area contributed by atoms with E-state index in [1.54, 1.807) is 0 Å². The van der Waals surface area contributed by atoms with Gasteiger partial charge < -0.3 is 22.3 Å². The van der Waals surface area contributed by atoms with Gasteiger partial charge in [-0.25, -0.2) is 4.57 Å². The van der Waals surface area contributed by atoms with Crippen LogP contribution in [0.3, 0.4) is 0 Å². The van der Waals surface area contributed by atoms with Crippen molar-refractivity contribution in [2.75, 3.05) is 5.32 Å². The van der Waals surface area contributed by atoms with Gasteiger partial charge in [-0.3, -0.25) is 4.79 Å². The molecule has 4 heteroatoms. The maximum absolute atomic E-state index is 12.0. The van der Waals surface area contributed by atoms with Crippen molar-refractivity contribution in [3.8, 4) is 0 Å². The van der Waals surface area contributed by atoms with Crippen LogP contribution in [0.5, 0.6) is 0 Å². The fourth-order valence-corrected chi connectivity index (χ4v) is 2.18. The lowest BCUT2D eigenvalue weighted by Crippen LogP contribution is -3.00. The molecule has 2 aromatic rings. The summed E-state index contributed by atoms with van der Waals surface area (Å²) < 4.78 is 2.02. The van der Waals surface area contributed by atoms with E-state index in [0.29, 0.717) is 13.0 Å². The number of halogens is 1. The van der Waals surface area contributed by atoms with Crippen LogP contribution in [0.15, 0.2) is 42.7 Å². The molecule has 21 heavy (non-hydrogen) atoms. The van der Waals surface area contributed by atoms with Crippen LogP contribution in [0, 0.1) is 20.8 Å². The van der Waals surface area contributed by atoms with Crippen LogP contribution in [-0.2, 0) is 11.3 Å². The van der Waals surface area contributed by atoms with Crippen molar-refractivity contribution < 1.29 is 26.3 Å². The molecule has 2 rings (SSSR count). The first-order chi connectivity index (χ1) is 9.52. The highest BCUT2D eigenvalue weighted by atomic mass is 79.9. The molecule has 0 saturated carbocycles. The predicted molar refractivity (Wildman–Crippen MR) is 80.5 cm³/mol. The van der Waals surface area contributed by atoms with E-state index in [4.69, 9.17) is 0 Å². The van der Waals surface area contributed by atoms with Crippen molar-refractivity contribution in [1.82, 2.24) is 0 Å². The molecule has 1 N–H and O–H groups in total. The van der Waals surface area contributed by atoms with E-state index >= 15 is 0 Å². The molecule has 0 fully saturated rings. The molecular formula is C17H21BrN2O. The Bertz CT molecular complexity index is 588. The Morgan fingerprint density at radius 3 is 2.14 bits per heavy atom. The third kappa shape index (κ3) is 5.68. The van der Waals surface area contributed by atoms with E-state index in [0.717, 1.165) is 16.8 Å². The number of nitrogens with zero attached hydrogens (tertiary/aromatic N) is 1. The van der Waals surface area contributed by atoms with E-state index in [1.807, 2.05) is 55.1 Å². The van der Waals surface area contributed by atoms with E-state index in [1.165, 1.54) is 5.56 Å². The first-order valence-corrected chi connectivity index (χ1v) is 6.87. The quantitative estimate of drug-likeness (QED) is 0.771. The van der Waals surface area contributed by atoms with Gasteiger partial charge in [-0.1, -0.05) is 6.07 Å². The number of pyridine rings is 1. The van der Waals surface area contributed by atoms with Crippen molar-refractivity contribution in [3.05, 3.63) is 59.4 Å². The number of hydrogen-bond donors (Lipinski definition) is 1. The lowest BCUT2D eigenvalue weighted by atomic mass is 10.1. The Hall–Kier alpha value is -1.68. The van der Waals surface area contributed by atoms with Gasteiger partial charge in [0.1, 0.15) is 0 Å². The number of hydrogen-bond acceptors (Lipinski definition) is 1. The molecule has 0 atom stereocenters. The van der Waals surface area contributed by atoms with Crippen LogP contribution in [0.2, 0.25) is 0 Å². The Morgan fingerprint density at radius 1 is 1.00 bits per heavy atom. The van der Waals surface area contributed by atoms with Crippen LogP contribution >= 0.6 is 0 Å². The Balaban J connectivity index is 0.00000220. The first kappa shape index (κ1) is 17.4. The number of nitrogens with one attached hydrogen (secondary N) is 1. The summed E-state index contributed by atoms with van der Waals surface area (Å²) in [7, 11) is 0. The van der Waals surface area contributed by atoms with Gasteiger partial charge in [0.25, 0.3) is 0 Å². The molecule has 0 radical (unpaired) electrons. The number of carbonyl (C=O) groups excluding carboxylic acids is 1. The number of rotatable bonds is 4. The number of benzene rings is 1. The number of aryl methyl sites for hydroxylation is 4. The number of carbonyl (C=O) groups is 1. The summed E-state index contributed by atoms with van der Waals surface area (Å²) in [5, 5.41) is 2.95. The molecule has 1 heterocycles. The molecule has 112 valence electrons. The molecule has 0 spiro atoms. The van der Waals surface area contributed by atoms with Gasteiger partial charge in [0.05, 0.1) is 6.42 Å². The summed E-state index contributed by atoms with van der Waals surface area (Å²) in [6, 6.07) is 10.2. The molecule has 3 nitrogen and oxygen atoms in total. The summed E-state index contributed by atoms with van der Waals surface area (Å²) in [4.78, 5) is 12.0. The second-order valence-corrected chi connectivity index (χ2v) is 5.29. The highest BCUT2D eigenvalue weighted by molar-refractivity contribution is 5.90. The topological polar surface area (TPSA) is 33.0 Å². The van der Waals surface area contributed by atoms with Crippen molar-refractivity contribution in [1.29, 1.82) is 0 Å². The number of anilines is 1. The monoisotopic (exact) mass is 348 g/mol. The maximum Gasteiger partial charge on any atom is 0.230 e. The van der Waals surface area contributed by atoms with Crippen LogP contribution in [0.4, 0.5) is 5.69 Å². The minimum absolute atomic E-state index is 0. The van der Waals surface area contributed by atoms with Crippen molar-refractivity contribution in [2.24, 2.45) is 0 Å². The average molecular weight is 349 g/mol. The smallest absolute Gasteiger partial charge is 0.230 e. The molecule has 1 aromatic carbocycles. The molecule has 1 amide bonds. The minimum Gasteiger partial charge on any atom is -1.00 e. The molecular weight excluding hydrogens is 328 g/mol. The Kier molecular flexibility index (Phi) is 6.56. The van der Waals surface area contributed by atoms with Gasteiger partial charge in [-0.05, 0) is 49.6 Å². The Labute approximate surface area is 136 Å². The summed E-state index contributed by atoms with van der Waals surface area (Å²) in [5.74, 6) is 0.0445. The van der Waals surface area contributed by atoms with Crippen molar-refractivity contribution >= 4 is 11.6 Å². The highest BCUT2D eigenvalue weighted by Crippen LogP contribution is 2.13. The Morgan fingerprint density at radius 2 is 1.57 bits per heavy atom. The summed E-state index contributed by atoms with van der Waals surface area (Å²) in [5.41, 5.74) is 4.42. The number of aromatic nitrogens is 1. The lowest BCUT2D eigenvalue weighted by molar-refractivity contribution is -0.695. The number of amides is 1. The fourth-order valence-electron chi connectivity index (χ4n) is 2.18. The molecule has 0 saturated heterocycles. The zero-order valence-corrected chi connectivity index (χ0v) is 14.3. The predicted octanol–water partition coefficient (Wildman–Crippen LogP) is -0.0678. The van der Waals surface area contributed by atoms with Crippen LogP contribution in [-0.4, -0.2) is 5.91 Å². The van der Waals surface area contributed by atoms with Gasteiger partial charge in [0.2, 0.25) is 5.91 Å². The van der Waals surface area contributed by atoms with Crippen molar-refractivity contribution in [2.45, 2.75) is 33.7 Å². The third-order valence-corrected chi connectivity index (χ3v) is 3.16. The molecule has 0 aliphatic carbocycles. The minimum atomic E-state index is 0. The van der Waals surface area contributed by atoms with Crippen LogP contribution in [0.1, 0.15) is 23.1 Å². The van der Waals surface area contributed by atoms with Crippen molar-refractivity contribution in [3.63, 3.8) is 0 Å². The fraction of sp³-hybridized carbons (Fsp3) is 0.294. The van der Waals surface area contributed by atoms with Crippen LogP contribution < -0.4 is 26.9 Å². The van der Waals surface area contributed by atoms with E-state index in [2.05, 4.69) is 18.3 Å². The molecule has 0 bridgehead atoms. The van der Waals surface area contributed by atoms with Crippen LogP contribution in [0.25, 0.3) is 0 Å². The van der Waals surface area contributed by atoms with Gasteiger partial charge in [0.15, 0.2) is 18.9 Å². The maximum atomic E-state index is 12.0. The molecule has 0 aliphatic heterocycles. The third-order valence-electron chi connectivity index (χ3n) is 3.16. The zero-order valence-electron chi connectivity index (χ0n) is 12.7. The second kappa shape index (κ2) is 7.93. The van der Waals surface area contributed by atoms with Gasteiger partial charge in [-0.2, -0.15) is 0 Å². The molecule has 1 aromatic heterocycles. The largest absolute Gasteiger partial charge is 1.00 e. The first-order valence-electron chi connectivity index (χ1n) is 6.87. The van der Waals surface area contributed by atoms with E-state index in [-0.39, 0.29) is 22.9 Å². The average Bonchev–Trinajstić information content (AvgIpc) is 2.37. The normalized spacial score (nSPS) is 9.86.